The highest BCUT2D eigenvalue weighted by Crippen LogP contribution is 2.27. The number of carbonyl (C=O) groups is 1. The first kappa shape index (κ1) is 28.6. The number of benzene rings is 1. The first-order valence-electron chi connectivity index (χ1n) is 13.8. The number of sulfone groups is 1. The Labute approximate surface area is 240 Å². The van der Waals surface area contributed by atoms with Crippen molar-refractivity contribution in [1.29, 1.82) is 5.41 Å². The van der Waals surface area contributed by atoms with E-state index < -0.39 is 9.84 Å². The Morgan fingerprint density at radius 2 is 1.88 bits per heavy atom. The maximum atomic E-state index is 13.3. The third-order valence-corrected chi connectivity index (χ3v) is 8.79. The van der Waals surface area contributed by atoms with Crippen molar-refractivity contribution < 1.29 is 17.9 Å². The molecule has 41 heavy (non-hydrogen) atoms. The highest BCUT2D eigenvalue weighted by molar-refractivity contribution is 7.90. The lowest BCUT2D eigenvalue weighted by Crippen LogP contribution is -2.42. The van der Waals surface area contributed by atoms with Crippen LogP contribution in [0, 0.1) is 5.41 Å². The van der Waals surface area contributed by atoms with Crippen molar-refractivity contribution in [3.8, 4) is 5.88 Å². The van der Waals surface area contributed by atoms with E-state index >= 15 is 0 Å². The van der Waals surface area contributed by atoms with E-state index in [4.69, 9.17) is 10.1 Å². The molecule has 2 fully saturated rings. The average Bonchev–Trinajstić information content (AvgIpc) is 3.37. The number of nitrogens with one attached hydrogen (secondary N) is 2. The number of amides is 1. The predicted octanol–water partition coefficient (Wildman–Crippen LogP) is 3.68. The van der Waals surface area contributed by atoms with Crippen molar-refractivity contribution in [3.05, 3.63) is 65.7 Å². The fourth-order valence-electron chi connectivity index (χ4n) is 5.30. The molecule has 2 aliphatic rings. The quantitative estimate of drug-likeness (QED) is 0.364. The molecule has 1 aromatic carbocycles. The Morgan fingerprint density at radius 3 is 2.54 bits per heavy atom. The number of nitrogens with zero attached hydrogens (tertiary/aromatic N) is 5. The number of pyridine rings is 1. The highest BCUT2D eigenvalue weighted by Gasteiger charge is 2.27. The molecule has 0 bridgehead atoms. The largest absolute Gasteiger partial charge is 0.474 e. The topological polar surface area (TPSA) is 141 Å². The Morgan fingerprint density at radius 1 is 1.12 bits per heavy atom. The van der Waals surface area contributed by atoms with Crippen LogP contribution < -0.4 is 10.1 Å². The molecule has 3 aromatic rings. The van der Waals surface area contributed by atoms with Crippen LogP contribution in [0.1, 0.15) is 54.1 Å². The number of rotatable bonds is 9. The molecule has 5 rings (SSSR count). The Balaban J connectivity index is 1.19. The van der Waals surface area contributed by atoms with Crippen LogP contribution in [0.25, 0.3) is 0 Å². The first-order valence-corrected chi connectivity index (χ1v) is 15.7. The fraction of sp³-hybridized carbons (Fsp3) is 0.414. The van der Waals surface area contributed by atoms with Crippen LogP contribution >= 0.6 is 0 Å². The predicted molar refractivity (Wildman–Crippen MR) is 156 cm³/mol. The smallest absolute Gasteiger partial charge is 0.255 e. The summed E-state index contributed by atoms with van der Waals surface area (Å²) < 4.78 is 29.6. The van der Waals surface area contributed by atoms with Crippen molar-refractivity contribution in [2.75, 3.05) is 31.2 Å². The molecule has 0 radical (unpaired) electrons. The second kappa shape index (κ2) is 12.3. The highest BCUT2D eigenvalue weighted by atomic mass is 32.2. The molecule has 11 nitrogen and oxygen atoms in total. The molecule has 2 N–H and O–H groups in total. The molecule has 0 saturated carbocycles. The number of hydrogen-bond donors (Lipinski definition) is 2. The van der Waals surface area contributed by atoms with Crippen molar-refractivity contribution in [2.45, 2.75) is 56.2 Å². The van der Waals surface area contributed by atoms with E-state index in [9.17, 15) is 13.2 Å². The van der Waals surface area contributed by atoms with Gasteiger partial charge in [-0.3, -0.25) is 14.7 Å². The minimum Gasteiger partial charge on any atom is -0.474 e. The summed E-state index contributed by atoms with van der Waals surface area (Å²) in [5.41, 5.74) is 2.66. The lowest BCUT2D eigenvalue weighted by Gasteiger charge is -2.32. The van der Waals surface area contributed by atoms with Crippen LogP contribution in [0.3, 0.4) is 0 Å². The van der Waals surface area contributed by atoms with E-state index in [1.54, 1.807) is 18.3 Å². The van der Waals surface area contributed by atoms with Crippen molar-refractivity contribution in [3.63, 3.8) is 0 Å². The Hall–Kier alpha value is -3.90. The Bertz CT molecular complexity index is 1510. The third kappa shape index (κ3) is 6.88. The first-order chi connectivity index (χ1) is 19.7. The van der Waals surface area contributed by atoms with Gasteiger partial charge in [-0.1, -0.05) is 0 Å². The van der Waals surface area contributed by atoms with Crippen LogP contribution in [0.4, 0.5) is 11.5 Å². The molecular formula is C29H35N7O4S. The molecule has 0 spiro atoms. The molecule has 0 aliphatic carbocycles. The van der Waals surface area contributed by atoms with Gasteiger partial charge in [-0.15, -0.1) is 0 Å². The number of hydrogen-bond acceptors (Lipinski definition) is 10. The monoisotopic (exact) mass is 577 g/mol. The molecule has 1 unspecified atom stereocenters. The minimum atomic E-state index is -3.30. The maximum Gasteiger partial charge on any atom is 0.255 e. The van der Waals surface area contributed by atoms with Gasteiger partial charge in [0, 0.05) is 69.1 Å². The van der Waals surface area contributed by atoms with Crippen molar-refractivity contribution >= 4 is 33.5 Å². The van der Waals surface area contributed by atoms with E-state index in [-0.39, 0.29) is 22.8 Å². The molecule has 4 heterocycles. The van der Waals surface area contributed by atoms with Gasteiger partial charge in [0.1, 0.15) is 18.2 Å². The zero-order valence-electron chi connectivity index (χ0n) is 23.3. The Kier molecular flexibility index (Phi) is 8.60. The average molecular weight is 578 g/mol. The van der Waals surface area contributed by atoms with Crippen LogP contribution in [-0.2, 0) is 16.4 Å². The molecule has 1 atom stereocenters. The van der Waals surface area contributed by atoms with Gasteiger partial charge in [0.25, 0.3) is 5.91 Å². The molecule has 2 aromatic heterocycles. The van der Waals surface area contributed by atoms with Gasteiger partial charge in [-0.25, -0.2) is 18.4 Å². The molecular weight excluding hydrogens is 542 g/mol. The normalized spacial score (nSPS) is 18.3. The van der Waals surface area contributed by atoms with Crippen molar-refractivity contribution in [1.82, 2.24) is 24.8 Å². The number of piperidine rings is 1. The van der Waals surface area contributed by atoms with Crippen LogP contribution in [0.5, 0.6) is 5.88 Å². The number of carbonyl (C=O) groups excluding carboxylic acids is 1. The zero-order valence-corrected chi connectivity index (χ0v) is 24.1. The molecule has 1 amide bonds. The van der Waals surface area contributed by atoms with E-state index in [0.717, 1.165) is 31.1 Å². The van der Waals surface area contributed by atoms with E-state index in [1.165, 1.54) is 31.3 Å². The van der Waals surface area contributed by atoms with Gasteiger partial charge in [0.15, 0.2) is 9.84 Å². The van der Waals surface area contributed by atoms with Gasteiger partial charge in [-0.2, -0.15) is 0 Å². The van der Waals surface area contributed by atoms with Crippen LogP contribution in [0.2, 0.25) is 0 Å². The standard InChI is InChI=1S/C29H35N7O4S/c1-20-4-3-11-36(20)18-21-14-22(17-31-16-21)29(37)35-12-9-24(10-13-35)40-28-26(15-30)27(32-19-33-28)34-23-5-7-25(8-6-23)41(2,38)39/h5-8,14-17,19-20,24,30H,3-4,9-13,18H2,1-2H3,(H,32,33,34). The lowest BCUT2D eigenvalue weighted by atomic mass is 10.1. The fourth-order valence-corrected chi connectivity index (χ4v) is 5.93. The summed E-state index contributed by atoms with van der Waals surface area (Å²) in [6.45, 7) is 5.21. The van der Waals surface area contributed by atoms with Crippen molar-refractivity contribution in [2.24, 2.45) is 0 Å². The van der Waals surface area contributed by atoms with Gasteiger partial charge in [-0.05, 0) is 62.2 Å². The molecule has 2 saturated heterocycles. The van der Waals surface area contributed by atoms with Gasteiger partial charge >= 0.3 is 0 Å². The SMILES string of the molecule is CC1CCCN1Cc1cncc(C(=O)N2CCC(Oc3ncnc(Nc4ccc(S(C)(=O)=O)cc4)c3C=N)CC2)c1. The summed E-state index contributed by atoms with van der Waals surface area (Å²) in [5.74, 6) is 0.631. The summed E-state index contributed by atoms with van der Waals surface area (Å²) >= 11 is 0. The number of likely N-dealkylation sites (tertiary alicyclic amines) is 2. The number of aromatic nitrogens is 3. The maximum absolute atomic E-state index is 13.3. The molecule has 216 valence electrons. The zero-order chi connectivity index (χ0) is 29.0. The van der Waals surface area contributed by atoms with E-state index in [1.807, 2.05) is 17.2 Å². The van der Waals surface area contributed by atoms with Gasteiger partial charge < -0.3 is 20.4 Å². The molecule has 2 aliphatic heterocycles. The summed E-state index contributed by atoms with van der Waals surface area (Å²) in [6, 6.07) is 8.81. The third-order valence-electron chi connectivity index (χ3n) is 7.66. The molecule has 12 heteroatoms. The van der Waals surface area contributed by atoms with E-state index in [2.05, 4.69) is 32.1 Å². The number of anilines is 2. The van der Waals surface area contributed by atoms with Gasteiger partial charge in [0.2, 0.25) is 5.88 Å². The number of ether oxygens (including phenoxy) is 1. The van der Waals surface area contributed by atoms with Crippen LogP contribution in [-0.4, -0.2) is 83.3 Å². The van der Waals surface area contributed by atoms with Crippen LogP contribution in [0.15, 0.2) is 53.9 Å². The minimum absolute atomic E-state index is 0.0251. The van der Waals surface area contributed by atoms with Gasteiger partial charge in [0.05, 0.1) is 16.0 Å². The lowest BCUT2D eigenvalue weighted by molar-refractivity contribution is 0.0587. The second-order valence-electron chi connectivity index (χ2n) is 10.7. The summed E-state index contributed by atoms with van der Waals surface area (Å²) in [6.07, 6.45) is 10.6. The van der Waals surface area contributed by atoms with E-state index in [0.29, 0.717) is 54.6 Å². The summed E-state index contributed by atoms with van der Waals surface area (Å²) in [4.78, 5) is 30.6. The summed E-state index contributed by atoms with van der Waals surface area (Å²) in [7, 11) is -3.30. The second-order valence-corrected chi connectivity index (χ2v) is 12.7. The summed E-state index contributed by atoms with van der Waals surface area (Å²) in [5, 5.41) is 11.1.